The molecule has 1 aliphatic rings. The van der Waals surface area contributed by atoms with Crippen LogP contribution >= 0.6 is 0 Å². The van der Waals surface area contributed by atoms with E-state index >= 15 is 0 Å². The molecule has 4 rings (SSSR count). The van der Waals surface area contributed by atoms with Crippen LogP contribution in [0.1, 0.15) is 18.5 Å². The Bertz CT molecular complexity index is 998. The van der Waals surface area contributed by atoms with Crippen LogP contribution in [0.3, 0.4) is 0 Å². The minimum atomic E-state index is -0.149. The molecule has 0 radical (unpaired) electrons. The first kappa shape index (κ1) is 17.2. The second-order valence-electron chi connectivity index (χ2n) is 6.85. The minimum absolute atomic E-state index is 0.0257. The summed E-state index contributed by atoms with van der Waals surface area (Å²) in [6.45, 7) is 3.28. The third-order valence-corrected chi connectivity index (χ3v) is 4.82. The lowest BCUT2D eigenvalue weighted by molar-refractivity contribution is -0.120. The Balaban J connectivity index is 1.56. The summed E-state index contributed by atoms with van der Waals surface area (Å²) in [5.41, 5.74) is 7.45. The predicted octanol–water partition coefficient (Wildman–Crippen LogP) is 1.50. The van der Waals surface area contributed by atoms with E-state index in [-0.39, 0.29) is 17.8 Å². The van der Waals surface area contributed by atoms with Gasteiger partial charge in [0.2, 0.25) is 11.9 Å². The number of pyridine rings is 1. The molecule has 1 unspecified atom stereocenters. The molecule has 27 heavy (non-hydrogen) atoms. The molecule has 1 amide bonds. The van der Waals surface area contributed by atoms with Gasteiger partial charge in [-0.25, -0.2) is 4.98 Å². The number of nitrogens with one attached hydrogen (secondary N) is 1. The van der Waals surface area contributed by atoms with Crippen LogP contribution in [0.25, 0.3) is 11.0 Å². The largest absolute Gasteiger partial charge is 0.368 e. The topological polar surface area (TPSA) is 115 Å². The number of aromatic nitrogens is 5. The van der Waals surface area contributed by atoms with Crippen molar-refractivity contribution in [3.05, 3.63) is 30.1 Å². The maximum Gasteiger partial charge on any atom is 0.230 e. The molecule has 0 aromatic carbocycles. The van der Waals surface area contributed by atoms with Crippen molar-refractivity contribution < 1.29 is 4.79 Å². The van der Waals surface area contributed by atoms with Crippen molar-refractivity contribution in [1.29, 1.82) is 0 Å². The summed E-state index contributed by atoms with van der Waals surface area (Å²) in [6.07, 6.45) is 3.46. The Hall–Kier alpha value is -3.23. The molecule has 9 heteroatoms. The molecule has 0 spiro atoms. The zero-order chi connectivity index (χ0) is 19.0. The number of nitrogens with two attached hydrogens (primary N) is 1. The Morgan fingerprint density at radius 3 is 2.96 bits per heavy atom. The SMILES string of the molecule is Cc1cccc(NC(=O)C2CCCN(c3nc(N)nc4c3cnn4C)C2)n1. The number of carbonyl (C=O) groups excluding carboxylic acids is 1. The van der Waals surface area contributed by atoms with Gasteiger partial charge in [-0.15, -0.1) is 0 Å². The summed E-state index contributed by atoms with van der Waals surface area (Å²) < 4.78 is 1.68. The number of hydrogen-bond acceptors (Lipinski definition) is 7. The van der Waals surface area contributed by atoms with Crippen molar-refractivity contribution in [2.75, 3.05) is 29.0 Å². The number of nitrogen functional groups attached to an aromatic ring is 1. The average Bonchev–Trinajstić information content (AvgIpc) is 3.02. The van der Waals surface area contributed by atoms with Gasteiger partial charge in [0.15, 0.2) is 5.65 Å². The molecule has 3 aromatic heterocycles. The Morgan fingerprint density at radius 1 is 1.30 bits per heavy atom. The van der Waals surface area contributed by atoms with E-state index in [9.17, 15) is 4.79 Å². The van der Waals surface area contributed by atoms with Gasteiger partial charge in [0, 0.05) is 25.8 Å². The van der Waals surface area contributed by atoms with Crippen LogP contribution in [0, 0.1) is 12.8 Å². The lowest BCUT2D eigenvalue weighted by Crippen LogP contribution is -2.41. The van der Waals surface area contributed by atoms with E-state index in [0.29, 0.717) is 18.0 Å². The molecule has 3 aromatic rings. The third kappa shape index (κ3) is 3.40. The molecule has 1 aliphatic heterocycles. The van der Waals surface area contributed by atoms with Crippen molar-refractivity contribution >= 4 is 34.5 Å². The number of hydrogen-bond donors (Lipinski definition) is 2. The zero-order valence-corrected chi connectivity index (χ0v) is 15.4. The van der Waals surface area contributed by atoms with Gasteiger partial charge >= 0.3 is 0 Å². The first-order valence-corrected chi connectivity index (χ1v) is 8.96. The highest BCUT2D eigenvalue weighted by atomic mass is 16.2. The van der Waals surface area contributed by atoms with Gasteiger partial charge in [-0.05, 0) is 31.9 Å². The number of rotatable bonds is 3. The number of nitrogens with zero attached hydrogens (tertiary/aromatic N) is 6. The van der Waals surface area contributed by atoms with Crippen molar-refractivity contribution in [1.82, 2.24) is 24.7 Å². The average molecular weight is 366 g/mol. The Labute approximate surface area is 156 Å². The molecule has 9 nitrogen and oxygen atoms in total. The summed E-state index contributed by atoms with van der Waals surface area (Å²) in [5.74, 6) is 1.35. The lowest BCUT2D eigenvalue weighted by Gasteiger charge is -2.33. The molecule has 0 saturated carbocycles. The maximum atomic E-state index is 12.7. The van der Waals surface area contributed by atoms with Gasteiger partial charge in [-0.3, -0.25) is 9.48 Å². The van der Waals surface area contributed by atoms with Crippen LogP contribution in [0.4, 0.5) is 17.6 Å². The van der Waals surface area contributed by atoms with Gasteiger partial charge < -0.3 is 16.0 Å². The molecule has 140 valence electrons. The molecule has 0 aliphatic carbocycles. The number of piperidine rings is 1. The van der Waals surface area contributed by atoms with E-state index < -0.39 is 0 Å². The van der Waals surface area contributed by atoms with E-state index in [1.807, 2.05) is 26.1 Å². The van der Waals surface area contributed by atoms with Crippen molar-refractivity contribution in [3.63, 3.8) is 0 Å². The number of aryl methyl sites for hydroxylation is 2. The van der Waals surface area contributed by atoms with E-state index in [4.69, 9.17) is 5.73 Å². The normalized spacial score (nSPS) is 17.3. The summed E-state index contributed by atoms with van der Waals surface area (Å²) in [4.78, 5) is 27.9. The summed E-state index contributed by atoms with van der Waals surface area (Å²) in [5, 5.41) is 8.02. The molecule has 1 saturated heterocycles. The number of carbonyl (C=O) groups is 1. The number of amides is 1. The zero-order valence-electron chi connectivity index (χ0n) is 15.4. The summed E-state index contributed by atoms with van der Waals surface area (Å²) in [7, 11) is 1.82. The van der Waals surface area contributed by atoms with E-state index in [0.717, 1.165) is 36.3 Å². The second-order valence-corrected chi connectivity index (χ2v) is 6.85. The summed E-state index contributed by atoms with van der Waals surface area (Å²) in [6, 6.07) is 5.58. The molecule has 3 N–H and O–H groups in total. The van der Waals surface area contributed by atoms with Crippen LogP contribution in [-0.2, 0) is 11.8 Å². The van der Waals surface area contributed by atoms with Gasteiger partial charge in [0.1, 0.15) is 11.6 Å². The van der Waals surface area contributed by atoms with E-state index in [2.05, 4.69) is 30.3 Å². The van der Waals surface area contributed by atoms with Crippen LogP contribution < -0.4 is 16.0 Å². The minimum Gasteiger partial charge on any atom is -0.368 e. The van der Waals surface area contributed by atoms with Gasteiger partial charge in [-0.2, -0.15) is 15.1 Å². The van der Waals surface area contributed by atoms with Crippen molar-refractivity contribution in [2.24, 2.45) is 13.0 Å². The lowest BCUT2D eigenvalue weighted by atomic mass is 9.97. The Morgan fingerprint density at radius 2 is 2.15 bits per heavy atom. The smallest absolute Gasteiger partial charge is 0.230 e. The molecule has 1 fully saturated rings. The molecular formula is C18H22N8O. The predicted molar refractivity (Wildman–Crippen MR) is 103 cm³/mol. The van der Waals surface area contributed by atoms with E-state index in [1.165, 1.54) is 0 Å². The number of anilines is 3. The molecular weight excluding hydrogens is 344 g/mol. The van der Waals surface area contributed by atoms with Gasteiger partial charge in [0.05, 0.1) is 17.5 Å². The van der Waals surface area contributed by atoms with E-state index in [1.54, 1.807) is 16.9 Å². The quantitative estimate of drug-likeness (QED) is 0.722. The fourth-order valence-electron chi connectivity index (χ4n) is 3.49. The fraction of sp³-hybridized carbons (Fsp3) is 0.389. The Kier molecular flexibility index (Phi) is 4.35. The highest BCUT2D eigenvalue weighted by Crippen LogP contribution is 2.28. The molecule has 4 heterocycles. The van der Waals surface area contributed by atoms with Crippen LogP contribution in [0.5, 0.6) is 0 Å². The van der Waals surface area contributed by atoms with Crippen LogP contribution in [0.2, 0.25) is 0 Å². The first-order chi connectivity index (χ1) is 13.0. The summed E-state index contributed by atoms with van der Waals surface area (Å²) >= 11 is 0. The first-order valence-electron chi connectivity index (χ1n) is 8.96. The molecule has 1 atom stereocenters. The maximum absolute atomic E-state index is 12.7. The van der Waals surface area contributed by atoms with Crippen LogP contribution in [0.15, 0.2) is 24.4 Å². The third-order valence-electron chi connectivity index (χ3n) is 4.82. The highest BCUT2D eigenvalue weighted by Gasteiger charge is 2.28. The van der Waals surface area contributed by atoms with Crippen LogP contribution in [-0.4, -0.2) is 43.7 Å². The van der Waals surface area contributed by atoms with Gasteiger partial charge in [-0.1, -0.05) is 6.07 Å². The number of fused-ring (bicyclic) bond motifs is 1. The standard InChI is InChI=1S/C18H22N8O/c1-11-5-3-7-14(21-11)22-17(27)12-6-4-8-26(10-12)16-13-9-20-25(2)15(13)23-18(19)24-16/h3,5,7,9,12H,4,6,8,10H2,1-2H3,(H2,19,23,24)(H,21,22,27). The monoisotopic (exact) mass is 366 g/mol. The fourth-order valence-corrected chi connectivity index (χ4v) is 3.49. The second kappa shape index (κ2) is 6.82. The highest BCUT2D eigenvalue weighted by molar-refractivity contribution is 5.93. The van der Waals surface area contributed by atoms with Gasteiger partial charge in [0.25, 0.3) is 0 Å². The molecule has 0 bridgehead atoms. The van der Waals surface area contributed by atoms with Crippen molar-refractivity contribution in [3.8, 4) is 0 Å². The van der Waals surface area contributed by atoms with Crippen molar-refractivity contribution in [2.45, 2.75) is 19.8 Å².